The van der Waals surface area contributed by atoms with Crippen molar-refractivity contribution in [3.05, 3.63) is 64.8 Å². The highest BCUT2D eigenvalue weighted by atomic mass is 32.2. The zero-order valence-electron chi connectivity index (χ0n) is 17.2. The fourth-order valence-electron chi connectivity index (χ4n) is 3.45. The van der Waals surface area contributed by atoms with E-state index in [0.29, 0.717) is 16.4 Å². The van der Waals surface area contributed by atoms with E-state index in [0.717, 1.165) is 15.6 Å². The third-order valence-corrected chi connectivity index (χ3v) is 7.94. The first-order chi connectivity index (χ1) is 15.1. The maximum absolute atomic E-state index is 14.7. The number of rotatable bonds is 4. The summed E-state index contributed by atoms with van der Waals surface area (Å²) in [4.78, 5) is 4.54. The fourth-order valence-corrected chi connectivity index (χ4v) is 5.67. The molecule has 8 nitrogen and oxygen atoms in total. The predicted molar refractivity (Wildman–Crippen MR) is 122 cm³/mol. The Bertz CT molecular complexity index is 1350. The van der Waals surface area contributed by atoms with Crippen molar-refractivity contribution in [1.29, 1.82) is 10.7 Å². The number of aromatic nitrogens is 1. The van der Waals surface area contributed by atoms with Crippen molar-refractivity contribution in [3.8, 4) is 17.3 Å². The van der Waals surface area contributed by atoms with E-state index < -0.39 is 21.4 Å². The summed E-state index contributed by atoms with van der Waals surface area (Å²) in [6.07, 6.45) is 0. The summed E-state index contributed by atoms with van der Waals surface area (Å²) < 4.78 is 40.4. The maximum Gasteiger partial charge on any atom is 0.239 e. The van der Waals surface area contributed by atoms with Crippen LogP contribution in [0, 0.1) is 22.6 Å². The Morgan fingerprint density at radius 3 is 2.69 bits per heavy atom. The van der Waals surface area contributed by atoms with Gasteiger partial charge in [0.15, 0.2) is 5.13 Å². The largest absolute Gasteiger partial charge is 0.345 e. The van der Waals surface area contributed by atoms with Crippen molar-refractivity contribution in [3.63, 3.8) is 0 Å². The lowest BCUT2D eigenvalue weighted by Gasteiger charge is -2.40. The molecule has 2 heterocycles. The smallest absolute Gasteiger partial charge is 0.239 e. The molecular formula is C21H19FN6O2S2. The third-order valence-electron chi connectivity index (χ3n) is 5.22. The van der Waals surface area contributed by atoms with Gasteiger partial charge in [0.25, 0.3) is 0 Å². The van der Waals surface area contributed by atoms with E-state index in [2.05, 4.69) is 21.7 Å². The van der Waals surface area contributed by atoms with Crippen LogP contribution in [-0.4, -0.2) is 36.5 Å². The van der Waals surface area contributed by atoms with Crippen LogP contribution in [0.2, 0.25) is 0 Å². The maximum atomic E-state index is 14.7. The van der Waals surface area contributed by atoms with Crippen LogP contribution in [0.5, 0.6) is 0 Å². The van der Waals surface area contributed by atoms with Crippen molar-refractivity contribution >= 4 is 38.1 Å². The lowest BCUT2D eigenvalue weighted by atomic mass is 9.93. The summed E-state index contributed by atoms with van der Waals surface area (Å²) in [5.41, 5.74) is 1.52. The van der Waals surface area contributed by atoms with Crippen molar-refractivity contribution in [2.24, 2.45) is 0 Å². The van der Waals surface area contributed by atoms with Gasteiger partial charge < -0.3 is 10.6 Å². The van der Waals surface area contributed by atoms with Crippen molar-refractivity contribution < 1.29 is 12.8 Å². The van der Waals surface area contributed by atoms with E-state index in [1.807, 2.05) is 17.5 Å². The van der Waals surface area contributed by atoms with Gasteiger partial charge in [-0.2, -0.15) is 5.26 Å². The summed E-state index contributed by atoms with van der Waals surface area (Å²) >= 11 is 1.36. The Hall–Kier alpha value is -3.49. The Morgan fingerprint density at radius 2 is 2.03 bits per heavy atom. The molecule has 0 bridgehead atoms. The van der Waals surface area contributed by atoms with Crippen molar-refractivity contribution in [2.45, 2.75) is 12.5 Å². The summed E-state index contributed by atoms with van der Waals surface area (Å²) in [6.45, 7) is 1.56. The van der Waals surface area contributed by atoms with Crippen LogP contribution in [0.1, 0.15) is 18.1 Å². The second kappa shape index (κ2) is 7.89. The average Bonchev–Trinajstić information content (AvgIpc) is 3.21. The molecule has 0 aliphatic carbocycles. The Balaban J connectivity index is 1.61. The highest BCUT2D eigenvalue weighted by Crippen LogP contribution is 2.33. The van der Waals surface area contributed by atoms with E-state index in [-0.39, 0.29) is 17.3 Å². The number of nitrogens with zero attached hydrogens (tertiary/aromatic N) is 3. The van der Waals surface area contributed by atoms with Gasteiger partial charge in [-0.3, -0.25) is 5.41 Å². The molecular weight excluding hydrogens is 451 g/mol. The molecule has 3 aromatic rings. The van der Waals surface area contributed by atoms with Crippen LogP contribution in [0.3, 0.4) is 0 Å². The van der Waals surface area contributed by atoms with Gasteiger partial charge in [-0.25, -0.2) is 22.1 Å². The first-order valence-corrected chi connectivity index (χ1v) is 12.0. The molecule has 1 aromatic heterocycles. The van der Waals surface area contributed by atoms with Gasteiger partial charge in [0.1, 0.15) is 5.82 Å². The van der Waals surface area contributed by atoms with E-state index in [1.54, 1.807) is 25.1 Å². The highest BCUT2D eigenvalue weighted by Gasteiger charge is 2.43. The van der Waals surface area contributed by atoms with E-state index in [9.17, 15) is 12.8 Å². The van der Waals surface area contributed by atoms with E-state index in [4.69, 9.17) is 10.7 Å². The van der Waals surface area contributed by atoms with Crippen LogP contribution >= 0.6 is 11.3 Å². The van der Waals surface area contributed by atoms with Crippen LogP contribution in [0.4, 0.5) is 15.2 Å². The third kappa shape index (κ3) is 4.02. The molecule has 0 saturated carbocycles. The van der Waals surface area contributed by atoms with Gasteiger partial charge in [-0.05, 0) is 37.3 Å². The molecule has 0 amide bonds. The molecule has 32 heavy (non-hydrogen) atoms. The molecule has 164 valence electrons. The number of benzene rings is 2. The number of guanidine groups is 1. The predicted octanol–water partition coefficient (Wildman–Crippen LogP) is 3.58. The van der Waals surface area contributed by atoms with Gasteiger partial charge >= 0.3 is 0 Å². The van der Waals surface area contributed by atoms with Crippen LogP contribution in [-0.2, 0) is 15.6 Å². The van der Waals surface area contributed by atoms with Crippen LogP contribution < -0.4 is 10.6 Å². The monoisotopic (exact) mass is 470 g/mol. The SMILES string of the molecule is CN1C(=N)NC(C)(c2cc(Nc3nc(-c4ccc(C#N)cc4)cs3)ccc2F)CS1(=O)=O. The Morgan fingerprint density at radius 1 is 1.31 bits per heavy atom. The van der Waals surface area contributed by atoms with Gasteiger partial charge in [-0.15, -0.1) is 11.3 Å². The summed E-state index contributed by atoms with van der Waals surface area (Å²) in [7, 11) is -2.47. The minimum absolute atomic E-state index is 0.132. The fraction of sp³-hybridized carbons (Fsp3) is 0.190. The quantitative estimate of drug-likeness (QED) is 0.536. The summed E-state index contributed by atoms with van der Waals surface area (Å²) in [5, 5.41) is 25.2. The second-order valence-electron chi connectivity index (χ2n) is 7.58. The van der Waals surface area contributed by atoms with Gasteiger partial charge in [0, 0.05) is 29.2 Å². The molecule has 1 unspecified atom stereocenters. The van der Waals surface area contributed by atoms with Crippen molar-refractivity contribution in [2.75, 3.05) is 18.1 Å². The molecule has 1 fully saturated rings. The number of hydrogen-bond acceptors (Lipinski definition) is 7. The van der Waals surface area contributed by atoms with Gasteiger partial charge in [0.2, 0.25) is 16.0 Å². The molecule has 1 aliphatic rings. The van der Waals surface area contributed by atoms with Crippen molar-refractivity contribution in [1.82, 2.24) is 14.6 Å². The lowest BCUT2D eigenvalue weighted by molar-refractivity contribution is 0.403. The molecule has 4 rings (SSSR count). The lowest BCUT2D eigenvalue weighted by Crippen LogP contribution is -2.61. The van der Waals surface area contributed by atoms with Crippen LogP contribution in [0.15, 0.2) is 47.8 Å². The number of thiazole rings is 1. The number of hydrogen-bond donors (Lipinski definition) is 3. The Labute approximate surface area is 188 Å². The molecule has 0 spiro atoms. The molecule has 11 heteroatoms. The number of nitrogens with one attached hydrogen (secondary N) is 3. The molecule has 1 aliphatic heterocycles. The number of anilines is 2. The molecule has 1 saturated heterocycles. The number of nitriles is 1. The molecule has 1 atom stereocenters. The first kappa shape index (κ1) is 21.7. The minimum atomic E-state index is -3.76. The minimum Gasteiger partial charge on any atom is -0.345 e. The molecule has 0 radical (unpaired) electrons. The number of sulfonamides is 1. The van der Waals surface area contributed by atoms with Gasteiger partial charge in [-0.1, -0.05) is 12.1 Å². The van der Waals surface area contributed by atoms with Crippen LogP contribution in [0.25, 0.3) is 11.3 Å². The highest BCUT2D eigenvalue weighted by molar-refractivity contribution is 7.89. The average molecular weight is 471 g/mol. The van der Waals surface area contributed by atoms with Gasteiger partial charge in [0.05, 0.1) is 28.6 Å². The zero-order chi connectivity index (χ0) is 23.1. The summed E-state index contributed by atoms with van der Waals surface area (Å²) in [5.74, 6) is -1.28. The van der Waals surface area contributed by atoms with E-state index >= 15 is 0 Å². The second-order valence-corrected chi connectivity index (χ2v) is 10.4. The topological polar surface area (TPSA) is 122 Å². The van der Waals surface area contributed by atoms with E-state index in [1.165, 1.54) is 30.5 Å². The number of halogens is 1. The molecule has 2 aromatic carbocycles. The standard InChI is InChI=1S/C21H19FN6O2S2/c1-21(12-32(29,30)28(2)19(24)27-21)16-9-15(7-8-17(16)22)25-20-26-18(11-31-20)14-5-3-13(10-23)4-6-14/h3-9,11H,12H2,1-2H3,(H2,24,27)(H,25,26). The molecule has 3 N–H and O–H groups in total. The Kier molecular flexibility index (Phi) is 5.36. The normalized spacial score (nSPS) is 19.8. The summed E-state index contributed by atoms with van der Waals surface area (Å²) in [6, 6.07) is 13.5. The first-order valence-electron chi connectivity index (χ1n) is 9.48. The zero-order valence-corrected chi connectivity index (χ0v) is 18.8.